The van der Waals surface area contributed by atoms with Crippen LogP contribution in [-0.2, 0) is 11.2 Å². The minimum atomic E-state index is -0.0669. The number of carbonyl (C=O) groups is 1. The van der Waals surface area contributed by atoms with Crippen LogP contribution in [0, 0.1) is 0 Å². The molecule has 1 aliphatic heterocycles. The first-order valence-electron chi connectivity index (χ1n) is 5.66. The number of aromatic nitrogens is 2. The Balaban J connectivity index is 1.90. The molecule has 0 aliphatic carbocycles. The number of carbonyl (C=O) groups excluding carboxylic acids is 1. The highest BCUT2D eigenvalue weighted by molar-refractivity contribution is 7.15. The Hall–Kier alpha value is -1.01. The highest BCUT2D eigenvalue weighted by atomic mass is 32.1. The normalized spacial score (nSPS) is 20.7. The topological polar surface area (TPSA) is 66.9 Å². The molecule has 5 nitrogen and oxygen atoms in total. The van der Waals surface area contributed by atoms with Crippen LogP contribution in [0.25, 0.3) is 0 Å². The molecular formula is C10H16N4OS. The molecule has 0 spiro atoms. The van der Waals surface area contributed by atoms with Crippen molar-refractivity contribution in [1.82, 2.24) is 15.5 Å². The van der Waals surface area contributed by atoms with Crippen molar-refractivity contribution < 1.29 is 4.79 Å². The smallest absolute Gasteiger partial charge is 0.243 e. The summed E-state index contributed by atoms with van der Waals surface area (Å²) in [7, 11) is 0. The number of hydrogen-bond acceptors (Lipinski definition) is 5. The van der Waals surface area contributed by atoms with Crippen molar-refractivity contribution in [3.05, 3.63) is 5.01 Å². The molecule has 6 heteroatoms. The van der Waals surface area contributed by atoms with E-state index in [9.17, 15) is 4.79 Å². The van der Waals surface area contributed by atoms with Crippen LogP contribution in [0.5, 0.6) is 0 Å². The molecule has 2 heterocycles. The number of hydrogen-bond donors (Lipinski definition) is 2. The van der Waals surface area contributed by atoms with Gasteiger partial charge in [0.1, 0.15) is 5.01 Å². The minimum absolute atomic E-state index is 0.0125. The second kappa shape index (κ2) is 5.36. The molecule has 1 aromatic heterocycles. The summed E-state index contributed by atoms with van der Waals surface area (Å²) in [5.74, 6) is 0.0125. The molecule has 2 N–H and O–H groups in total. The fourth-order valence-electron chi connectivity index (χ4n) is 1.72. The Morgan fingerprint density at radius 1 is 1.56 bits per heavy atom. The summed E-state index contributed by atoms with van der Waals surface area (Å²) in [4.78, 5) is 11.8. The number of nitrogens with one attached hydrogen (secondary N) is 2. The van der Waals surface area contributed by atoms with Crippen LogP contribution in [0.4, 0.5) is 5.13 Å². The van der Waals surface area contributed by atoms with Crippen LogP contribution in [0.3, 0.4) is 0 Å². The van der Waals surface area contributed by atoms with E-state index in [0.29, 0.717) is 5.13 Å². The monoisotopic (exact) mass is 240 g/mol. The highest BCUT2D eigenvalue weighted by Crippen LogP contribution is 2.16. The molecule has 2 rings (SSSR count). The second-order valence-electron chi connectivity index (χ2n) is 3.85. The molecule has 1 atom stereocenters. The van der Waals surface area contributed by atoms with Crippen molar-refractivity contribution in [3.63, 3.8) is 0 Å². The molecule has 0 radical (unpaired) electrons. The van der Waals surface area contributed by atoms with E-state index < -0.39 is 0 Å². The first kappa shape index (κ1) is 11.5. The van der Waals surface area contributed by atoms with Crippen LogP contribution in [0.1, 0.15) is 31.2 Å². The maximum Gasteiger partial charge on any atom is 0.243 e. The zero-order valence-electron chi connectivity index (χ0n) is 9.32. The first-order chi connectivity index (χ1) is 7.79. The highest BCUT2D eigenvalue weighted by Gasteiger charge is 2.21. The van der Waals surface area contributed by atoms with Gasteiger partial charge in [-0.3, -0.25) is 10.1 Å². The van der Waals surface area contributed by atoms with Crippen molar-refractivity contribution in [1.29, 1.82) is 0 Å². The maximum absolute atomic E-state index is 11.8. The van der Waals surface area contributed by atoms with E-state index in [0.717, 1.165) is 37.2 Å². The lowest BCUT2D eigenvalue weighted by Gasteiger charge is -2.21. The molecule has 1 aromatic rings. The molecule has 1 unspecified atom stereocenters. The van der Waals surface area contributed by atoms with E-state index in [1.165, 1.54) is 11.3 Å². The zero-order valence-corrected chi connectivity index (χ0v) is 10.1. The third-order valence-electron chi connectivity index (χ3n) is 2.63. The molecular weight excluding hydrogens is 224 g/mol. The van der Waals surface area contributed by atoms with Crippen LogP contribution >= 0.6 is 11.3 Å². The average Bonchev–Trinajstić information content (AvgIpc) is 2.78. The fourth-order valence-corrected chi connectivity index (χ4v) is 2.40. The molecule has 88 valence electrons. The van der Waals surface area contributed by atoms with Crippen molar-refractivity contribution >= 4 is 22.4 Å². The third kappa shape index (κ3) is 2.76. The third-order valence-corrected chi connectivity index (χ3v) is 3.61. The number of anilines is 1. The molecule has 0 aromatic carbocycles. The van der Waals surface area contributed by atoms with Gasteiger partial charge in [-0.15, -0.1) is 10.2 Å². The number of rotatable bonds is 3. The van der Waals surface area contributed by atoms with E-state index in [4.69, 9.17) is 0 Å². The van der Waals surface area contributed by atoms with E-state index >= 15 is 0 Å². The predicted molar refractivity (Wildman–Crippen MR) is 63.6 cm³/mol. The van der Waals surface area contributed by atoms with Crippen molar-refractivity contribution in [2.75, 3.05) is 11.9 Å². The molecule has 1 aliphatic rings. The summed E-state index contributed by atoms with van der Waals surface area (Å²) < 4.78 is 0. The summed E-state index contributed by atoms with van der Waals surface area (Å²) in [5.41, 5.74) is 0. The van der Waals surface area contributed by atoms with Gasteiger partial charge in [-0.2, -0.15) is 0 Å². The van der Waals surface area contributed by atoms with Gasteiger partial charge in [0, 0.05) is 0 Å². The Kier molecular flexibility index (Phi) is 3.84. The standard InChI is InChI=1S/C10H16N4OS/c1-2-8-13-14-10(16-8)12-9(15)7-5-3-4-6-11-7/h7,11H,2-6H2,1H3,(H,12,14,15). The summed E-state index contributed by atoms with van der Waals surface area (Å²) in [6.07, 6.45) is 4.03. The van der Waals surface area contributed by atoms with Crippen LogP contribution in [0.2, 0.25) is 0 Å². The van der Waals surface area contributed by atoms with E-state index in [1.807, 2.05) is 6.92 Å². The summed E-state index contributed by atoms with van der Waals surface area (Å²) in [6, 6.07) is -0.0669. The quantitative estimate of drug-likeness (QED) is 0.832. The lowest BCUT2D eigenvalue weighted by atomic mass is 10.0. The van der Waals surface area contributed by atoms with E-state index in [2.05, 4.69) is 20.8 Å². The molecule has 0 saturated carbocycles. The minimum Gasteiger partial charge on any atom is -0.306 e. The van der Waals surface area contributed by atoms with Crippen LogP contribution in [0.15, 0.2) is 0 Å². The van der Waals surface area contributed by atoms with Gasteiger partial charge in [0.25, 0.3) is 0 Å². The van der Waals surface area contributed by atoms with Crippen molar-refractivity contribution in [3.8, 4) is 0 Å². The number of nitrogens with zero attached hydrogens (tertiary/aromatic N) is 2. The molecule has 16 heavy (non-hydrogen) atoms. The lowest BCUT2D eigenvalue weighted by molar-refractivity contribution is -0.118. The number of aryl methyl sites for hydroxylation is 1. The van der Waals surface area contributed by atoms with Gasteiger partial charge in [0.05, 0.1) is 6.04 Å². The van der Waals surface area contributed by atoms with Crippen LogP contribution in [-0.4, -0.2) is 28.7 Å². The van der Waals surface area contributed by atoms with Gasteiger partial charge < -0.3 is 5.32 Å². The SMILES string of the molecule is CCc1nnc(NC(=O)C2CCCCN2)s1. The lowest BCUT2D eigenvalue weighted by Crippen LogP contribution is -2.43. The van der Waals surface area contributed by atoms with Gasteiger partial charge in [0.15, 0.2) is 0 Å². The van der Waals surface area contributed by atoms with Gasteiger partial charge in [-0.1, -0.05) is 24.7 Å². The van der Waals surface area contributed by atoms with Gasteiger partial charge >= 0.3 is 0 Å². The van der Waals surface area contributed by atoms with Crippen LogP contribution < -0.4 is 10.6 Å². The Bertz CT molecular complexity index is 359. The van der Waals surface area contributed by atoms with Gasteiger partial charge in [-0.25, -0.2) is 0 Å². The second-order valence-corrected chi connectivity index (χ2v) is 4.91. The summed E-state index contributed by atoms with van der Waals surface area (Å²) in [5, 5.41) is 15.5. The fraction of sp³-hybridized carbons (Fsp3) is 0.700. The Morgan fingerprint density at radius 2 is 2.44 bits per heavy atom. The number of amides is 1. The van der Waals surface area contributed by atoms with Gasteiger partial charge in [-0.05, 0) is 25.8 Å². The predicted octanol–water partition coefficient (Wildman–Crippen LogP) is 1.18. The molecule has 0 bridgehead atoms. The Morgan fingerprint density at radius 3 is 3.06 bits per heavy atom. The molecule has 1 saturated heterocycles. The average molecular weight is 240 g/mol. The Labute approximate surface area is 98.7 Å². The first-order valence-corrected chi connectivity index (χ1v) is 6.48. The zero-order chi connectivity index (χ0) is 11.4. The van der Waals surface area contributed by atoms with Gasteiger partial charge in [0.2, 0.25) is 11.0 Å². The maximum atomic E-state index is 11.8. The van der Waals surface area contributed by atoms with Crippen molar-refractivity contribution in [2.24, 2.45) is 0 Å². The number of piperidine rings is 1. The molecule has 1 amide bonds. The molecule has 1 fully saturated rings. The van der Waals surface area contributed by atoms with E-state index in [1.54, 1.807) is 0 Å². The van der Waals surface area contributed by atoms with Crippen molar-refractivity contribution in [2.45, 2.75) is 38.6 Å². The summed E-state index contributed by atoms with van der Waals surface area (Å²) >= 11 is 1.44. The summed E-state index contributed by atoms with van der Waals surface area (Å²) in [6.45, 7) is 2.95. The van der Waals surface area contributed by atoms with E-state index in [-0.39, 0.29) is 11.9 Å². The largest absolute Gasteiger partial charge is 0.306 e.